The maximum Gasteiger partial charge on any atom is 4.00 e. The van der Waals surface area contributed by atoms with E-state index in [1.165, 1.54) is 0 Å². The molecule has 0 aromatic rings. The van der Waals surface area contributed by atoms with Crippen molar-refractivity contribution in [1.29, 1.82) is 0 Å². The largest absolute Gasteiger partial charge is 4.00 e. The summed E-state index contributed by atoms with van der Waals surface area (Å²) < 4.78 is 0. The van der Waals surface area contributed by atoms with E-state index in [1.54, 1.807) is 0 Å². The van der Waals surface area contributed by atoms with Gasteiger partial charge in [-0.1, -0.05) is 0 Å². The second kappa shape index (κ2) is 9.84. The van der Waals surface area contributed by atoms with Crippen LogP contribution in [0.2, 0.25) is 0 Å². The monoisotopic (exact) mass is 275 g/mol. The van der Waals surface area contributed by atoms with E-state index in [0.29, 0.717) is 0 Å². The van der Waals surface area contributed by atoms with Gasteiger partial charge in [-0.2, -0.15) is 0 Å². The first-order valence-electron chi connectivity index (χ1n) is 0.548. The summed E-state index contributed by atoms with van der Waals surface area (Å²) in [5.74, 6) is 0. The summed E-state index contributed by atoms with van der Waals surface area (Å²) in [6, 6.07) is 0. The molecule has 0 aliphatic carbocycles. The SMILES string of the molecule is [Mo+4].[Mo+4].[O-]P([O-])[O-]. The van der Waals surface area contributed by atoms with E-state index in [9.17, 15) is 0 Å². The Morgan fingerprint density at radius 2 is 0.833 bits per heavy atom. The fourth-order valence-electron chi connectivity index (χ4n) is 0. The average Bonchev–Trinajstić information content (AvgIpc) is 0.811. The van der Waals surface area contributed by atoms with Crippen molar-refractivity contribution in [2.45, 2.75) is 0 Å². The van der Waals surface area contributed by atoms with Crippen LogP contribution in [0.3, 0.4) is 0 Å². The van der Waals surface area contributed by atoms with Gasteiger partial charge in [-0.25, -0.2) is 0 Å². The first-order valence-corrected chi connectivity index (χ1v) is 1.64. The van der Waals surface area contributed by atoms with Crippen molar-refractivity contribution < 1.29 is 56.8 Å². The molecule has 6 heavy (non-hydrogen) atoms. The summed E-state index contributed by atoms with van der Waals surface area (Å²) in [6.45, 7) is 0. The third kappa shape index (κ3) is 43.9. The molecule has 0 amide bonds. The average molecular weight is 271 g/mol. The van der Waals surface area contributed by atoms with Crippen LogP contribution < -0.4 is 14.7 Å². The van der Waals surface area contributed by atoms with Gasteiger partial charge in [0.15, 0.2) is 0 Å². The molecule has 3 nitrogen and oxygen atoms in total. The topological polar surface area (TPSA) is 69.2 Å². The molecule has 6 heteroatoms. The molecular weight excluding hydrogens is 271 g/mol. The minimum Gasteiger partial charge on any atom is -0.854 e. The summed E-state index contributed by atoms with van der Waals surface area (Å²) in [4.78, 5) is 25.4. The van der Waals surface area contributed by atoms with Crippen molar-refractivity contribution >= 4 is 8.60 Å². The van der Waals surface area contributed by atoms with E-state index in [1.807, 2.05) is 0 Å². The van der Waals surface area contributed by atoms with Gasteiger partial charge in [0.25, 0.3) is 0 Å². The molecule has 0 saturated heterocycles. The van der Waals surface area contributed by atoms with Gasteiger partial charge >= 0.3 is 42.1 Å². The molecule has 0 spiro atoms. The first kappa shape index (κ1) is 15.6. The molecule has 0 rings (SSSR count). The standard InChI is InChI=1S/2Mo.O3P/c;;1-4(2)3/q2*+4;-3. The van der Waals surface area contributed by atoms with Gasteiger partial charge in [-0.05, 0) is 0 Å². The Kier molecular flexibility index (Phi) is 25.7. The zero-order chi connectivity index (χ0) is 3.58. The Hall–Kier alpha value is 1.69. The van der Waals surface area contributed by atoms with Crippen molar-refractivity contribution in [3.63, 3.8) is 0 Å². The molecule has 0 aliphatic rings. The van der Waals surface area contributed by atoms with E-state index >= 15 is 0 Å². The minimum absolute atomic E-state index is 0. The molecule has 0 radical (unpaired) electrons. The maximum atomic E-state index is 8.48. The van der Waals surface area contributed by atoms with Crippen LogP contribution in [0.15, 0.2) is 0 Å². The third-order valence-electron chi connectivity index (χ3n) is 0. The smallest absolute Gasteiger partial charge is 0.854 e. The normalized spacial score (nSPS) is 6.00. The van der Waals surface area contributed by atoms with Crippen molar-refractivity contribution in [3.05, 3.63) is 0 Å². The fourth-order valence-corrected chi connectivity index (χ4v) is 0. The summed E-state index contributed by atoms with van der Waals surface area (Å²) in [5, 5.41) is 0. The fraction of sp³-hybridized carbons (Fsp3) is 0. The Morgan fingerprint density at radius 3 is 0.833 bits per heavy atom. The van der Waals surface area contributed by atoms with Gasteiger partial charge in [-0.3, -0.25) is 0 Å². The Morgan fingerprint density at radius 1 is 0.833 bits per heavy atom. The van der Waals surface area contributed by atoms with Crippen LogP contribution in [0.4, 0.5) is 0 Å². The number of rotatable bonds is 0. The van der Waals surface area contributed by atoms with Crippen LogP contribution in [0.25, 0.3) is 0 Å². The second-order valence-electron chi connectivity index (χ2n) is 0.224. The van der Waals surface area contributed by atoms with Gasteiger partial charge < -0.3 is 23.3 Å². The van der Waals surface area contributed by atoms with Crippen molar-refractivity contribution in [1.82, 2.24) is 0 Å². The summed E-state index contributed by atoms with van der Waals surface area (Å²) in [5.41, 5.74) is 0. The summed E-state index contributed by atoms with van der Waals surface area (Å²) in [6.07, 6.45) is 0. The molecule has 0 bridgehead atoms. The zero-order valence-electron chi connectivity index (χ0n) is 2.49. The zero-order valence-corrected chi connectivity index (χ0v) is 7.40. The van der Waals surface area contributed by atoms with E-state index in [4.69, 9.17) is 14.7 Å². The van der Waals surface area contributed by atoms with Gasteiger partial charge in [-0.15, -0.1) is 0 Å². The molecule has 0 fully saturated rings. The van der Waals surface area contributed by atoms with Crippen LogP contribution in [-0.2, 0) is 42.1 Å². The van der Waals surface area contributed by atoms with E-state index in [-0.39, 0.29) is 42.1 Å². The predicted molar refractivity (Wildman–Crippen MR) is 6.92 cm³/mol. The molecule has 0 heterocycles. The molecule has 0 aromatic heterocycles. The summed E-state index contributed by atoms with van der Waals surface area (Å²) in [7, 11) is -3.37. The van der Waals surface area contributed by atoms with E-state index in [0.717, 1.165) is 0 Å². The van der Waals surface area contributed by atoms with Gasteiger partial charge in [0, 0.05) is 0 Å². The molecule has 30 valence electrons. The third-order valence-corrected chi connectivity index (χ3v) is 0. The van der Waals surface area contributed by atoms with Gasteiger partial charge in [0.2, 0.25) is 0 Å². The van der Waals surface area contributed by atoms with Crippen molar-refractivity contribution in [2.24, 2.45) is 0 Å². The van der Waals surface area contributed by atoms with Gasteiger partial charge in [0.1, 0.15) is 0 Å². The Labute approximate surface area is 65.3 Å². The quantitative estimate of drug-likeness (QED) is 0.355. The Bertz CT molecular complexity index is 13.5. The van der Waals surface area contributed by atoms with Crippen LogP contribution in [-0.4, -0.2) is 0 Å². The number of hydrogen-bond acceptors (Lipinski definition) is 3. The second-order valence-corrected chi connectivity index (χ2v) is 0.671. The molecule has 0 aromatic carbocycles. The van der Waals surface area contributed by atoms with Crippen LogP contribution >= 0.6 is 8.60 Å². The van der Waals surface area contributed by atoms with Crippen LogP contribution in [0.5, 0.6) is 0 Å². The van der Waals surface area contributed by atoms with Crippen molar-refractivity contribution in [3.8, 4) is 0 Å². The molecule has 0 aliphatic heterocycles. The van der Waals surface area contributed by atoms with E-state index < -0.39 is 8.60 Å². The van der Waals surface area contributed by atoms with E-state index in [2.05, 4.69) is 0 Å². The number of hydrogen-bond donors (Lipinski definition) is 0. The molecular formula is Mo2O3P+5. The predicted octanol–water partition coefficient (Wildman–Crippen LogP) is -2.71. The maximum absolute atomic E-state index is 8.48. The molecule has 0 saturated carbocycles. The molecule has 0 N–H and O–H groups in total. The van der Waals surface area contributed by atoms with Crippen LogP contribution in [0.1, 0.15) is 0 Å². The Balaban J connectivity index is -0.0000000450. The minimum atomic E-state index is -3.37. The van der Waals surface area contributed by atoms with Crippen LogP contribution in [0, 0.1) is 0 Å². The van der Waals surface area contributed by atoms with Crippen molar-refractivity contribution in [2.75, 3.05) is 0 Å². The molecule has 0 unspecified atom stereocenters. The van der Waals surface area contributed by atoms with Gasteiger partial charge in [0.05, 0.1) is 0 Å². The first-order chi connectivity index (χ1) is 1.73. The summed E-state index contributed by atoms with van der Waals surface area (Å²) >= 11 is 0. The molecule has 0 atom stereocenters.